The van der Waals surface area contributed by atoms with E-state index in [9.17, 15) is 4.79 Å². The van der Waals surface area contributed by atoms with Crippen LogP contribution in [0.2, 0.25) is 5.02 Å². The lowest BCUT2D eigenvalue weighted by atomic mass is 9.75. The van der Waals surface area contributed by atoms with E-state index in [2.05, 4.69) is 4.90 Å². The number of hydrogen-bond acceptors (Lipinski definition) is 11. The van der Waals surface area contributed by atoms with Crippen molar-refractivity contribution in [3.05, 3.63) is 28.7 Å². The van der Waals surface area contributed by atoms with Crippen molar-refractivity contribution in [3.63, 3.8) is 0 Å². The fraction of sp³-hybridized carbons (Fsp3) is 0.625. The van der Waals surface area contributed by atoms with Crippen molar-refractivity contribution in [3.8, 4) is 23.1 Å². The molecule has 3 aliphatic heterocycles. The largest absolute Gasteiger partial charge is 0.480 e. The first-order chi connectivity index (χ1) is 26.5. The van der Waals surface area contributed by atoms with Gasteiger partial charge in [0.05, 0.1) is 37.1 Å². The predicted molar refractivity (Wildman–Crippen MR) is 207 cm³/mol. The maximum Gasteiger partial charge on any atom is 0.410 e. The lowest BCUT2D eigenvalue weighted by Crippen LogP contribution is -2.55. The number of nitrogens with zero attached hydrogens (tertiary/aromatic N) is 7. The number of pyridine rings is 1. The number of rotatable bonds is 7. The van der Waals surface area contributed by atoms with Crippen molar-refractivity contribution in [1.82, 2.24) is 29.6 Å². The highest BCUT2D eigenvalue weighted by molar-refractivity contribution is 6.35. The van der Waals surface area contributed by atoms with Crippen LogP contribution in [0.15, 0.2) is 12.3 Å². The number of carbonyl (C=O) groups excluding carboxylic acids is 1. The number of ether oxygens (including phenoxy) is 5. The summed E-state index contributed by atoms with van der Waals surface area (Å²) in [4.78, 5) is 31.8. The Morgan fingerprint density at radius 1 is 1.04 bits per heavy atom. The van der Waals surface area contributed by atoms with Crippen LogP contribution in [-0.2, 0) is 14.2 Å². The maximum atomic E-state index is 17.5. The molecular formula is C40H51ClFN7O6. The van der Waals surface area contributed by atoms with Crippen molar-refractivity contribution in [2.75, 3.05) is 58.1 Å². The Bertz CT molecular complexity index is 2080. The molecule has 15 heteroatoms. The fourth-order valence-electron chi connectivity index (χ4n) is 8.98. The van der Waals surface area contributed by atoms with Crippen molar-refractivity contribution >= 4 is 45.3 Å². The molecule has 1 unspecified atom stereocenters. The molecule has 4 fully saturated rings. The summed E-state index contributed by atoms with van der Waals surface area (Å²) in [6, 6.07) is 1.96. The second-order valence-electron chi connectivity index (χ2n) is 16.4. The molecule has 3 atom stereocenters. The second kappa shape index (κ2) is 15.2. The second-order valence-corrected chi connectivity index (χ2v) is 16.7. The Kier molecular flexibility index (Phi) is 10.4. The Morgan fingerprint density at radius 3 is 2.65 bits per heavy atom. The van der Waals surface area contributed by atoms with Crippen LogP contribution in [0.1, 0.15) is 90.3 Å². The highest BCUT2D eigenvalue weighted by atomic mass is 35.5. The molecular weight excluding hydrogens is 729 g/mol. The lowest BCUT2D eigenvalue weighted by Gasteiger charge is -2.46. The molecule has 6 heterocycles. The number of carbonyl (C=O) groups is 1. The van der Waals surface area contributed by atoms with Crippen LogP contribution in [0.3, 0.4) is 0 Å². The van der Waals surface area contributed by atoms with Gasteiger partial charge in [0.1, 0.15) is 28.0 Å². The number of aryl methyl sites for hydroxylation is 1. The van der Waals surface area contributed by atoms with Crippen molar-refractivity contribution in [2.45, 2.75) is 103 Å². The molecule has 0 radical (unpaired) electrons. The molecule has 1 amide bonds. The zero-order valence-corrected chi connectivity index (χ0v) is 33.2. The van der Waals surface area contributed by atoms with Gasteiger partial charge in [-0.2, -0.15) is 15.1 Å². The Hall–Kier alpha value is -4.01. The van der Waals surface area contributed by atoms with Crippen molar-refractivity contribution in [2.24, 2.45) is 5.41 Å². The van der Waals surface area contributed by atoms with Crippen molar-refractivity contribution in [1.29, 1.82) is 0 Å². The van der Waals surface area contributed by atoms with E-state index in [1.807, 2.05) is 43.3 Å². The van der Waals surface area contributed by atoms with E-state index in [4.69, 9.17) is 55.3 Å². The summed E-state index contributed by atoms with van der Waals surface area (Å²) in [6.07, 6.45) is 9.21. The van der Waals surface area contributed by atoms with Crippen molar-refractivity contribution < 1.29 is 32.9 Å². The minimum absolute atomic E-state index is 0.00306. The van der Waals surface area contributed by atoms with Crippen LogP contribution in [0.4, 0.5) is 15.0 Å². The fourth-order valence-corrected chi connectivity index (χ4v) is 9.23. The number of hydrogen-bond donors (Lipinski definition) is 0. The van der Waals surface area contributed by atoms with Gasteiger partial charge in [-0.15, -0.1) is 0 Å². The SMILES string of the molecule is COc1nc(-c2c(Cl)c(C)cc3c2cnn3C2CCCCO2)c(F)c2nc(OC[C@]34CCC[C@H]3N(C(=O)OC(C)(C)C)CCC4)nc(N3CCCOCC3)c12. The van der Waals surface area contributed by atoms with E-state index < -0.39 is 11.4 Å². The molecule has 0 spiro atoms. The van der Waals surface area contributed by atoms with Crippen LogP contribution in [0.25, 0.3) is 33.1 Å². The van der Waals surface area contributed by atoms with Gasteiger partial charge in [0.15, 0.2) is 12.0 Å². The average molecular weight is 780 g/mol. The van der Waals surface area contributed by atoms with Gasteiger partial charge in [-0.05, 0) is 90.7 Å². The number of likely N-dealkylation sites (tertiary alicyclic amines) is 1. The van der Waals surface area contributed by atoms with E-state index in [0.29, 0.717) is 66.6 Å². The first kappa shape index (κ1) is 37.9. The van der Waals surface area contributed by atoms with Crippen LogP contribution in [-0.4, -0.2) is 101 Å². The molecule has 8 rings (SSSR count). The molecule has 55 heavy (non-hydrogen) atoms. The number of halogens is 2. The summed E-state index contributed by atoms with van der Waals surface area (Å²) in [5.74, 6) is -0.0411. The van der Waals surface area contributed by atoms with Crippen LogP contribution in [0.5, 0.6) is 11.9 Å². The van der Waals surface area contributed by atoms with E-state index in [0.717, 1.165) is 68.9 Å². The smallest absolute Gasteiger partial charge is 0.410 e. The van der Waals surface area contributed by atoms with Gasteiger partial charge < -0.3 is 33.5 Å². The molecule has 296 valence electrons. The number of fused-ring (bicyclic) bond motifs is 3. The molecule has 4 aliphatic rings. The standard InChI is InChI=1S/C40H51ClFN7O6/c1-24-21-26-25(22-43-49(26)28-12-6-7-19-53-28)29(31(24)41)33-32(42)34-30(36(44-33)51-5)35(47-15-10-18-52-20-17-47)46-37(45-34)54-23-40-13-8-11-27(40)48(16-9-14-40)38(50)55-39(2,3)4/h21-22,27-28H,6-20,23H2,1-5H3/t27-,28?,40-/m1/s1. The zero-order valence-electron chi connectivity index (χ0n) is 32.5. The average Bonchev–Trinajstić information content (AvgIpc) is 3.69. The molecule has 0 bridgehead atoms. The normalized spacial score (nSPS) is 23.5. The zero-order chi connectivity index (χ0) is 38.5. The lowest BCUT2D eigenvalue weighted by molar-refractivity contribution is -0.0366. The molecule has 3 aromatic heterocycles. The first-order valence-electron chi connectivity index (χ1n) is 19.7. The molecule has 1 saturated carbocycles. The number of amides is 1. The van der Waals surface area contributed by atoms with Crippen LogP contribution < -0.4 is 14.4 Å². The van der Waals surface area contributed by atoms with E-state index in [1.165, 1.54) is 7.11 Å². The number of piperidine rings is 1. The van der Waals surface area contributed by atoms with Gasteiger partial charge in [0, 0.05) is 55.3 Å². The monoisotopic (exact) mass is 779 g/mol. The van der Waals surface area contributed by atoms with Gasteiger partial charge in [0.25, 0.3) is 0 Å². The maximum absolute atomic E-state index is 17.5. The van der Waals surface area contributed by atoms with Gasteiger partial charge in [-0.3, -0.25) is 0 Å². The topological polar surface area (TPSA) is 126 Å². The Balaban J connectivity index is 1.23. The summed E-state index contributed by atoms with van der Waals surface area (Å²) in [7, 11) is 1.51. The minimum Gasteiger partial charge on any atom is -0.480 e. The van der Waals surface area contributed by atoms with Gasteiger partial charge in [0.2, 0.25) is 5.88 Å². The van der Waals surface area contributed by atoms with E-state index >= 15 is 4.39 Å². The number of methoxy groups -OCH3 is 1. The number of anilines is 1. The number of benzene rings is 1. The van der Waals surface area contributed by atoms with Crippen LogP contribution in [0, 0.1) is 18.2 Å². The van der Waals surface area contributed by atoms with Gasteiger partial charge >= 0.3 is 12.1 Å². The molecule has 1 aromatic carbocycles. The summed E-state index contributed by atoms with van der Waals surface area (Å²) in [5.41, 5.74) is 1.03. The Labute approximate surface area is 325 Å². The van der Waals surface area contributed by atoms with Crippen LogP contribution >= 0.6 is 11.6 Å². The van der Waals surface area contributed by atoms with Gasteiger partial charge in [-0.1, -0.05) is 18.0 Å². The summed E-state index contributed by atoms with van der Waals surface area (Å²) in [6.45, 7) is 11.3. The quantitative estimate of drug-likeness (QED) is 0.181. The third kappa shape index (κ3) is 7.14. The molecule has 13 nitrogen and oxygen atoms in total. The Morgan fingerprint density at radius 2 is 1.87 bits per heavy atom. The number of aromatic nitrogens is 5. The first-order valence-corrected chi connectivity index (χ1v) is 20.0. The predicted octanol–water partition coefficient (Wildman–Crippen LogP) is 8.03. The summed E-state index contributed by atoms with van der Waals surface area (Å²) < 4.78 is 49.5. The minimum atomic E-state index is -0.670. The molecule has 0 N–H and O–H groups in total. The van der Waals surface area contributed by atoms with Gasteiger partial charge in [-0.25, -0.2) is 18.9 Å². The van der Waals surface area contributed by atoms with E-state index in [1.54, 1.807) is 6.20 Å². The summed E-state index contributed by atoms with van der Waals surface area (Å²) in [5, 5.41) is 6.05. The third-order valence-corrected chi connectivity index (χ3v) is 12.0. The van der Waals surface area contributed by atoms with E-state index in [-0.39, 0.29) is 53.5 Å². The molecule has 4 aromatic rings. The highest BCUT2D eigenvalue weighted by Crippen LogP contribution is 2.49. The summed E-state index contributed by atoms with van der Waals surface area (Å²) >= 11 is 7.05. The molecule has 3 saturated heterocycles. The molecule has 1 aliphatic carbocycles. The highest BCUT2D eigenvalue weighted by Gasteiger charge is 2.51. The third-order valence-electron chi connectivity index (χ3n) is 11.5.